The molecule has 1 atom stereocenters. The van der Waals surface area contributed by atoms with Crippen molar-refractivity contribution in [1.82, 2.24) is 9.55 Å². The van der Waals surface area contributed by atoms with E-state index in [1.165, 1.54) is 5.56 Å². The zero-order valence-corrected chi connectivity index (χ0v) is 21.9. The van der Waals surface area contributed by atoms with Gasteiger partial charge in [-0.2, -0.15) is 0 Å². The monoisotopic (exact) mass is 524 g/mol. The standard InChI is InChI=1S/C31H28N2O6/c1-3-5-6-17-7-9-18(10-8-17)27-19-11-25-26(39-16-38-25)13-23(19)32-28-20(27)14-33-24(28)12-22-21(29(33)34)15-37-30(35)31(22,36)4-2/h7-13,36H,3-6,14-16H2,1-2H3/t31-/m0/s1. The Morgan fingerprint density at radius 2 is 1.77 bits per heavy atom. The van der Waals surface area contributed by atoms with E-state index in [-0.39, 0.29) is 25.4 Å². The second-order valence-electron chi connectivity index (χ2n) is 10.4. The van der Waals surface area contributed by atoms with Crippen LogP contribution in [0.2, 0.25) is 0 Å². The number of rotatable bonds is 5. The first-order valence-corrected chi connectivity index (χ1v) is 13.5. The lowest BCUT2D eigenvalue weighted by molar-refractivity contribution is -0.172. The number of cyclic esters (lactones) is 1. The molecule has 3 aliphatic heterocycles. The molecule has 5 heterocycles. The summed E-state index contributed by atoms with van der Waals surface area (Å²) in [6.07, 6.45) is 3.39. The number of fused-ring (bicyclic) bond motifs is 6. The summed E-state index contributed by atoms with van der Waals surface area (Å²) in [5.74, 6) is 0.555. The van der Waals surface area contributed by atoms with Crippen molar-refractivity contribution in [2.24, 2.45) is 0 Å². The van der Waals surface area contributed by atoms with E-state index >= 15 is 0 Å². The van der Waals surface area contributed by atoms with Gasteiger partial charge >= 0.3 is 5.97 Å². The number of nitrogens with zero attached hydrogens (tertiary/aromatic N) is 2. The Morgan fingerprint density at radius 3 is 2.51 bits per heavy atom. The summed E-state index contributed by atoms with van der Waals surface area (Å²) in [5.41, 5.74) is 4.61. The zero-order valence-electron chi connectivity index (χ0n) is 21.9. The fourth-order valence-electron chi connectivity index (χ4n) is 6.02. The quantitative estimate of drug-likeness (QED) is 0.329. The van der Waals surface area contributed by atoms with Gasteiger partial charge in [0.05, 0.1) is 29.0 Å². The Morgan fingerprint density at radius 1 is 1.00 bits per heavy atom. The molecule has 0 amide bonds. The number of aryl methyl sites for hydroxylation is 1. The third-order valence-corrected chi connectivity index (χ3v) is 8.24. The minimum atomic E-state index is -1.87. The third kappa shape index (κ3) is 3.44. The summed E-state index contributed by atoms with van der Waals surface area (Å²) < 4.78 is 18.2. The van der Waals surface area contributed by atoms with Crippen LogP contribution in [-0.4, -0.2) is 27.4 Å². The molecule has 1 N–H and O–H groups in total. The number of carbonyl (C=O) groups is 1. The lowest BCUT2D eigenvalue weighted by atomic mass is 9.86. The second kappa shape index (κ2) is 8.68. The number of ether oxygens (including phenoxy) is 3. The Bertz CT molecular complexity index is 1740. The smallest absolute Gasteiger partial charge is 0.343 e. The van der Waals surface area contributed by atoms with Crippen LogP contribution in [0.25, 0.3) is 33.4 Å². The number of unbranched alkanes of at least 4 members (excludes halogenated alkanes) is 1. The van der Waals surface area contributed by atoms with Gasteiger partial charge in [-0.05, 0) is 48.1 Å². The van der Waals surface area contributed by atoms with Gasteiger partial charge in [0.15, 0.2) is 17.1 Å². The van der Waals surface area contributed by atoms with Crippen molar-refractivity contribution in [3.8, 4) is 34.0 Å². The maximum Gasteiger partial charge on any atom is 0.343 e. The second-order valence-corrected chi connectivity index (χ2v) is 10.4. The zero-order chi connectivity index (χ0) is 26.9. The minimum Gasteiger partial charge on any atom is -0.458 e. The van der Waals surface area contributed by atoms with Crippen LogP contribution >= 0.6 is 0 Å². The molecule has 8 nitrogen and oxygen atoms in total. The number of esters is 1. The summed E-state index contributed by atoms with van der Waals surface area (Å²) in [6.45, 7) is 4.20. The van der Waals surface area contributed by atoms with E-state index in [1.54, 1.807) is 17.6 Å². The highest BCUT2D eigenvalue weighted by Gasteiger charge is 2.45. The molecule has 0 aliphatic carbocycles. The molecule has 0 unspecified atom stereocenters. The summed E-state index contributed by atoms with van der Waals surface area (Å²) in [7, 11) is 0. The van der Waals surface area contributed by atoms with Crippen LogP contribution in [0.1, 0.15) is 55.4 Å². The molecular formula is C31H28N2O6. The minimum absolute atomic E-state index is 0.0961. The van der Waals surface area contributed by atoms with E-state index < -0.39 is 11.6 Å². The van der Waals surface area contributed by atoms with Gasteiger partial charge in [0, 0.05) is 22.6 Å². The molecule has 0 saturated carbocycles. The van der Waals surface area contributed by atoms with Crippen molar-refractivity contribution >= 4 is 16.9 Å². The van der Waals surface area contributed by atoms with Crippen LogP contribution in [0.15, 0.2) is 47.3 Å². The van der Waals surface area contributed by atoms with Crippen LogP contribution in [0.5, 0.6) is 11.5 Å². The lowest BCUT2D eigenvalue weighted by Gasteiger charge is -2.31. The average molecular weight is 525 g/mol. The summed E-state index contributed by atoms with van der Waals surface area (Å²) in [6, 6.07) is 14.2. The molecule has 0 spiro atoms. The Labute approximate surface area is 224 Å². The molecular weight excluding hydrogens is 496 g/mol. The molecule has 2 aromatic carbocycles. The highest BCUT2D eigenvalue weighted by atomic mass is 16.7. The van der Waals surface area contributed by atoms with Crippen molar-refractivity contribution in [2.45, 2.75) is 58.3 Å². The molecule has 8 heteroatoms. The van der Waals surface area contributed by atoms with E-state index in [0.29, 0.717) is 46.1 Å². The molecule has 198 valence electrons. The van der Waals surface area contributed by atoms with Gasteiger partial charge in [0.1, 0.15) is 6.61 Å². The molecule has 39 heavy (non-hydrogen) atoms. The fraction of sp³-hybridized carbons (Fsp3) is 0.323. The van der Waals surface area contributed by atoms with Gasteiger partial charge in [-0.25, -0.2) is 9.78 Å². The first kappa shape index (κ1) is 23.9. The summed E-state index contributed by atoms with van der Waals surface area (Å²) >= 11 is 0. The predicted molar refractivity (Wildman–Crippen MR) is 145 cm³/mol. The van der Waals surface area contributed by atoms with Gasteiger partial charge < -0.3 is 23.9 Å². The SMILES string of the molecule is CCCCc1ccc(-c2c3c(nc4cc5c(cc24)OCO5)-c2cc4c(c(=O)n2C3)COC(=O)[C@]4(O)CC)cc1. The van der Waals surface area contributed by atoms with Gasteiger partial charge in [0.25, 0.3) is 5.56 Å². The maximum absolute atomic E-state index is 13.7. The van der Waals surface area contributed by atoms with Crippen LogP contribution in [-0.2, 0) is 34.7 Å². The van der Waals surface area contributed by atoms with Gasteiger partial charge in [-0.15, -0.1) is 0 Å². The summed E-state index contributed by atoms with van der Waals surface area (Å²) in [4.78, 5) is 31.3. The first-order valence-electron chi connectivity index (χ1n) is 13.5. The molecule has 0 bridgehead atoms. The third-order valence-electron chi connectivity index (χ3n) is 8.24. The number of benzene rings is 2. The average Bonchev–Trinajstić information content (AvgIpc) is 3.56. The normalized spacial score (nSPS) is 18.6. The van der Waals surface area contributed by atoms with E-state index in [1.807, 2.05) is 12.1 Å². The maximum atomic E-state index is 13.7. The highest BCUT2D eigenvalue weighted by Crippen LogP contribution is 2.46. The van der Waals surface area contributed by atoms with Crippen LogP contribution in [0, 0.1) is 0 Å². The van der Waals surface area contributed by atoms with Crippen LogP contribution in [0.4, 0.5) is 0 Å². The summed E-state index contributed by atoms with van der Waals surface area (Å²) in [5, 5.41) is 12.1. The van der Waals surface area contributed by atoms with Crippen molar-refractivity contribution < 1.29 is 24.1 Å². The number of hydrogen-bond donors (Lipinski definition) is 1. The Kier molecular flexibility index (Phi) is 5.32. The first-order chi connectivity index (χ1) is 18.9. The number of pyridine rings is 2. The number of aromatic nitrogens is 2. The van der Waals surface area contributed by atoms with Crippen LogP contribution < -0.4 is 15.0 Å². The van der Waals surface area contributed by atoms with Crippen molar-refractivity contribution in [2.75, 3.05) is 6.79 Å². The van der Waals surface area contributed by atoms with Gasteiger partial charge in [-0.1, -0.05) is 44.5 Å². The van der Waals surface area contributed by atoms with Crippen LogP contribution in [0.3, 0.4) is 0 Å². The topological polar surface area (TPSA) is 99.9 Å². The molecule has 3 aliphatic rings. The lowest BCUT2D eigenvalue weighted by Crippen LogP contribution is -2.44. The molecule has 0 radical (unpaired) electrons. The predicted octanol–water partition coefficient (Wildman–Crippen LogP) is 4.82. The van der Waals surface area contributed by atoms with E-state index in [4.69, 9.17) is 19.2 Å². The van der Waals surface area contributed by atoms with E-state index in [0.717, 1.165) is 41.3 Å². The van der Waals surface area contributed by atoms with Crippen molar-refractivity contribution in [1.29, 1.82) is 0 Å². The van der Waals surface area contributed by atoms with E-state index in [9.17, 15) is 14.7 Å². The molecule has 4 aromatic rings. The van der Waals surface area contributed by atoms with Crippen molar-refractivity contribution in [3.63, 3.8) is 0 Å². The Hall–Kier alpha value is -4.17. The van der Waals surface area contributed by atoms with Gasteiger partial charge in [-0.3, -0.25) is 4.79 Å². The highest BCUT2D eigenvalue weighted by molar-refractivity contribution is 6.01. The molecule has 2 aromatic heterocycles. The number of aliphatic hydroxyl groups is 1. The van der Waals surface area contributed by atoms with Gasteiger partial charge in [0.2, 0.25) is 6.79 Å². The Balaban J connectivity index is 1.48. The molecule has 7 rings (SSSR count). The van der Waals surface area contributed by atoms with Crippen molar-refractivity contribution in [3.05, 3.63) is 75.1 Å². The fourth-order valence-corrected chi connectivity index (χ4v) is 6.02. The molecule has 0 fully saturated rings. The largest absolute Gasteiger partial charge is 0.458 e. The van der Waals surface area contributed by atoms with E-state index in [2.05, 4.69) is 31.2 Å². The molecule has 0 saturated heterocycles. The number of carbonyl (C=O) groups excluding carboxylic acids is 1. The number of hydrogen-bond acceptors (Lipinski definition) is 7.